The van der Waals surface area contributed by atoms with Crippen LogP contribution in [0.1, 0.15) is 11.1 Å². The van der Waals surface area contributed by atoms with Crippen LogP contribution in [-0.2, 0) is 17.4 Å². The van der Waals surface area contributed by atoms with Crippen LogP contribution in [0.5, 0.6) is 0 Å². The van der Waals surface area contributed by atoms with Crippen molar-refractivity contribution in [2.45, 2.75) is 11.3 Å². The first-order chi connectivity index (χ1) is 14.7. The lowest BCUT2D eigenvalue weighted by Gasteiger charge is -2.35. The molecule has 1 N–H and O–H groups in total. The number of hydrogen-bond donors (Lipinski definition) is 1. The predicted octanol–water partition coefficient (Wildman–Crippen LogP) is 2.83. The summed E-state index contributed by atoms with van der Waals surface area (Å²) in [5.74, 6) is 0. The van der Waals surface area contributed by atoms with Gasteiger partial charge in [0.25, 0.3) is 5.56 Å². The number of piperazine rings is 1. The molecule has 1 aliphatic carbocycles. The lowest BCUT2D eigenvalue weighted by Crippen LogP contribution is -2.47. The number of nitrogens with one attached hydrogen (secondary N) is 1. The van der Waals surface area contributed by atoms with Crippen LogP contribution in [0.15, 0.2) is 64.5 Å². The zero-order chi connectivity index (χ0) is 20.2. The highest BCUT2D eigenvalue weighted by Crippen LogP contribution is 2.39. The lowest BCUT2D eigenvalue weighted by molar-refractivity contribution is 0.410. The molecule has 1 aliphatic heterocycles. The molecule has 1 fully saturated rings. The number of pyridine rings is 2. The highest BCUT2D eigenvalue weighted by atomic mass is 32.2. The first kappa shape index (κ1) is 17.8. The Morgan fingerprint density at radius 1 is 0.933 bits per heavy atom. The quantitative estimate of drug-likeness (QED) is 0.459. The summed E-state index contributed by atoms with van der Waals surface area (Å²) in [7, 11) is -1.23. The van der Waals surface area contributed by atoms with Gasteiger partial charge in [-0.05, 0) is 41.5 Å². The third-order valence-electron chi connectivity index (χ3n) is 6.22. The first-order valence-electron chi connectivity index (χ1n) is 10.1. The van der Waals surface area contributed by atoms with Crippen molar-refractivity contribution < 1.29 is 4.21 Å². The maximum atomic E-state index is 13.6. The Bertz CT molecular complexity index is 1380. The van der Waals surface area contributed by atoms with Crippen molar-refractivity contribution in [3.63, 3.8) is 0 Å². The van der Waals surface area contributed by atoms with Crippen molar-refractivity contribution in [1.29, 1.82) is 0 Å². The zero-order valence-electron chi connectivity index (χ0n) is 16.3. The second-order valence-corrected chi connectivity index (χ2v) is 9.26. The summed E-state index contributed by atoms with van der Waals surface area (Å²) >= 11 is 0. The fourth-order valence-electron chi connectivity index (χ4n) is 4.78. The van der Waals surface area contributed by atoms with Gasteiger partial charge in [0.05, 0.1) is 4.90 Å². The Hall–Kier alpha value is -3.03. The van der Waals surface area contributed by atoms with Crippen LogP contribution in [0.4, 0.5) is 5.69 Å². The summed E-state index contributed by atoms with van der Waals surface area (Å²) in [5, 5.41) is 2.79. The van der Waals surface area contributed by atoms with Crippen molar-refractivity contribution in [2.24, 2.45) is 0 Å². The van der Waals surface area contributed by atoms with Crippen LogP contribution < -0.4 is 10.5 Å². The first-order valence-corrected chi connectivity index (χ1v) is 11.2. The van der Waals surface area contributed by atoms with Gasteiger partial charge in [0.1, 0.15) is 11.0 Å². The van der Waals surface area contributed by atoms with Gasteiger partial charge >= 0.3 is 0 Å². The predicted molar refractivity (Wildman–Crippen MR) is 119 cm³/mol. The zero-order valence-corrected chi connectivity index (χ0v) is 17.1. The van der Waals surface area contributed by atoms with E-state index < -0.39 is 11.0 Å². The molecule has 4 aromatic rings. The van der Waals surface area contributed by atoms with E-state index in [1.165, 1.54) is 0 Å². The maximum Gasteiger partial charge on any atom is 0.256 e. The van der Waals surface area contributed by atoms with Gasteiger partial charge in [-0.15, -0.1) is 0 Å². The van der Waals surface area contributed by atoms with Gasteiger partial charge in [-0.25, -0.2) is 8.51 Å². The minimum absolute atomic E-state index is 0.0618. The van der Waals surface area contributed by atoms with Gasteiger partial charge in [0.15, 0.2) is 0 Å². The molecule has 0 bridgehead atoms. The third-order valence-corrected chi connectivity index (χ3v) is 7.81. The molecule has 0 saturated carbocycles. The third kappa shape index (κ3) is 2.62. The summed E-state index contributed by atoms with van der Waals surface area (Å²) in [5.41, 5.74) is 4.15. The number of benzene rings is 2. The summed E-state index contributed by atoms with van der Waals surface area (Å²) in [4.78, 5) is 22.7. The molecule has 3 heterocycles. The van der Waals surface area contributed by atoms with Crippen LogP contribution in [-0.4, -0.2) is 44.7 Å². The summed E-state index contributed by atoms with van der Waals surface area (Å²) in [6.07, 6.45) is 4.33. The Morgan fingerprint density at radius 3 is 2.53 bits per heavy atom. The molecule has 0 spiro atoms. The molecule has 2 aromatic carbocycles. The van der Waals surface area contributed by atoms with Crippen LogP contribution in [0.2, 0.25) is 0 Å². The molecule has 6 rings (SSSR count). The van der Waals surface area contributed by atoms with Crippen LogP contribution in [0.3, 0.4) is 0 Å². The molecule has 1 atom stereocenters. The van der Waals surface area contributed by atoms with E-state index in [0.29, 0.717) is 5.39 Å². The largest absolute Gasteiger partial charge is 0.369 e. The molecule has 1 saturated heterocycles. The number of anilines is 1. The molecule has 2 aromatic heterocycles. The molecule has 30 heavy (non-hydrogen) atoms. The van der Waals surface area contributed by atoms with E-state index in [1.807, 2.05) is 36.4 Å². The average molecular weight is 417 g/mol. The van der Waals surface area contributed by atoms with Gasteiger partial charge < -0.3 is 9.88 Å². The van der Waals surface area contributed by atoms with E-state index in [0.717, 1.165) is 70.6 Å². The molecule has 0 amide bonds. The van der Waals surface area contributed by atoms with E-state index in [9.17, 15) is 9.00 Å². The smallest absolute Gasteiger partial charge is 0.256 e. The van der Waals surface area contributed by atoms with Gasteiger partial charge in [0, 0.05) is 72.4 Å². The highest BCUT2D eigenvalue weighted by molar-refractivity contribution is 7.82. The van der Waals surface area contributed by atoms with Crippen molar-refractivity contribution in [2.75, 3.05) is 31.1 Å². The number of hydrogen-bond acceptors (Lipinski definition) is 4. The van der Waals surface area contributed by atoms with Gasteiger partial charge in [0.2, 0.25) is 0 Å². The molecule has 6 nitrogen and oxygen atoms in total. The molecular formula is C23H20N4O2S. The van der Waals surface area contributed by atoms with E-state index in [-0.39, 0.29) is 5.56 Å². The average Bonchev–Trinajstić information content (AvgIpc) is 3.19. The SMILES string of the molecule is O=c1[nH]c2ccc(S(=O)N3CCN(c4ccncc4)CC3)c3c2c2c(cccc12)C3. The number of rotatable bonds is 3. The Labute approximate surface area is 175 Å². The van der Waals surface area contributed by atoms with Gasteiger partial charge in [-0.1, -0.05) is 12.1 Å². The van der Waals surface area contributed by atoms with Crippen molar-refractivity contribution in [3.05, 3.63) is 76.3 Å². The van der Waals surface area contributed by atoms with Gasteiger partial charge in [-0.2, -0.15) is 0 Å². The topological polar surface area (TPSA) is 69.3 Å². The molecular weight excluding hydrogens is 396 g/mol. The van der Waals surface area contributed by atoms with E-state index in [4.69, 9.17) is 0 Å². The van der Waals surface area contributed by atoms with Gasteiger partial charge in [-0.3, -0.25) is 9.78 Å². The summed E-state index contributed by atoms with van der Waals surface area (Å²) in [6.45, 7) is 3.13. The van der Waals surface area contributed by atoms with Crippen molar-refractivity contribution in [1.82, 2.24) is 14.3 Å². The van der Waals surface area contributed by atoms with Crippen LogP contribution in [0.25, 0.3) is 21.7 Å². The maximum absolute atomic E-state index is 13.6. The molecule has 2 aliphatic rings. The Morgan fingerprint density at radius 2 is 1.73 bits per heavy atom. The van der Waals surface area contributed by atoms with E-state index in [2.05, 4.69) is 25.2 Å². The van der Waals surface area contributed by atoms with Crippen LogP contribution in [0, 0.1) is 0 Å². The van der Waals surface area contributed by atoms with Crippen molar-refractivity contribution >= 4 is 38.3 Å². The molecule has 0 radical (unpaired) electrons. The fourth-order valence-corrected chi connectivity index (χ4v) is 6.12. The minimum atomic E-state index is -1.23. The standard InChI is InChI=1S/C23H20N4O2S/c28-23-17-3-1-2-15-14-18-20(5-4-19(25-23)22(18)21(15)17)30(29)27-12-10-26(11-13-27)16-6-8-24-9-7-16/h1-9H,10-14H2,(H,25,28). The van der Waals surface area contributed by atoms with Crippen LogP contribution >= 0.6 is 0 Å². The Balaban J connectivity index is 1.34. The monoisotopic (exact) mass is 416 g/mol. The molecule has 7 heteroatoms. The number of H-pyrrole nitrogens is 1. The van der Waals surface area contributed by atoms with E-state index >= 15 is 0 Å². The number of nitrogens with zero attached hydrogens (tertiary/aromatic N) is 3. The molecule has 150 valence electrons. The second kappa shape index (κ2) is 6.75. The number of aromatic amines is 1. The minimum Gasteiger partial charge on any atom is -0.369 e. The lowest BCUT2D eigenvalue weighted by atomic mass is 10.1. The normalized spacial score (nSPS) is 17.3. The second-order valence-electron chi connectivity index (χ2n) is 7.81. The number of aromatic nitrogens is 2. The van der Waals surface area contributed by atoms with E-state index in [1.54, 1.807) is 12.4 Å². The van der Waals surface area contributed by atoms with Crippen molar-refractivity contribution in [3.8, 4) is 0 Å². The summed E-state index contributed by atoms with van der Waals surface area (Å²) in [6, 6.07) is 13.7. The fraction of sp³-hybridized carbons (Fsp3) is 0.217. The molecule has 1 unspecified atom stereocenters. The highest BCUT2D eigenvalue weighted by Gasteiger charge is 2.28. The summed E-state index contributed by atoms with van der Waals surface area (Å²) < 4.78 is 15.6. The Kier molecular flexibility index (Phi) is 4.01.